The van der Waals surface area contributed by atoms with Gasteiger partial charge in [-0.15, -0.1) is 0 Å². The molecule has 0 aliphatic rings. The third-order valence-corrected chi connectivity index (χ3v) is 6.74. The van der Waals surface area contributed by atoms with Gasteiger partial charge in [-0.05, 0) is 73.7 Å². The number of benzene rings is 2. The molecule has 0 fully saturated rings. The van der Waals surface area contributed by atoms with Crippen molar-refractivity contribution < 1.29 is 17.9 Å². The van der Waals surface area contributed by atoms with Crippen LogP contribution in [0.15, 0.2) is 59.6 Å². The zero-order valence-electron chi connectivity index (χ0n) is 19.3. The molecule has 3 aromatic rings. The summed E-state index contributed by atoms with van der Waals surface area (Å²) < 4.78 is 33.1. The van der Waals surface area contributed by atoms with Crippen LogP contribution in [0.25, 0.3) is 0 Å². The number of aromatic nitrogens is 1. The first-order valence-electron chi connectivity index (χ1n) is 10.7. The van der Waals surface area contributed by atoms with Crippen molar-refractivity contribution in [1.82, 2.24) is 15.0 Å². The van der Waals surface area contributed by atoms with Gasteiger partial charge < -0.3 is 10.1 Å². The van der Waals surface area contributed by atoms with Crippen LogP contribution in [0, 0.1) is 27.7 Å². The molecular weight excluding hydrogens is 438 g/mol. The van der Waals surface area contributed by atoms with Gasteiger partial charge in [-0.25, -0.2) is 18.1 Å². The summed E-state index contributed by atoms with van der Waals surface area (Å²) >= 11 is 0. The van der Waals surface area contributed by atoms with Crippen LogP contribution in [-0.2, 0) is 21.4 Å². The average molecular weight is 468 g/mol. The molecule has 2 aromatic carbocycles. The Balaban J connectivity index is 1.45. The number of hydrogen-bond acceptors (Lipinski definition) is 5. The lowest BCUT2D eigenvalue weighted by atomic mass is 10.1. The quantitative estimate of drug-likeness (QED) is 0.494. The van der Waals surface area contributed by atoms with Gasteiger partial charge in [0.2, 0.25) is 21.8 Å². The van der Waals surface area contributed by atoms with Crippen LogP contribution in [0.5, 0.6) is 11.6 Å². The second-order valence-electron chi connectivity index (χ2n) is 8.05. The van der Waals surface area contributed by atoms with Crippen LogP contribution in [0.2, 0.25) is 0 Å². The summed E-state index contributed by atoms with van der Waals surface area (Å²) in [4.78, 5) is 16.6. The number of hydrogen-bond donors (Lipinski definition) is 2. The van der Waals surface area contributed by atoms with Crippen LogP contribution in [-0.4, -0.2) is 25.9 Å². The number of nitrogens with one attached hydrogen (secondary N) is 2. The maximum atomic E-state index is 12.4. The van der Waals surface area contributed by atoms with Crippen molar-refractivity contribution in [2.75, 3.05) is 6.54 Å². The highest BCUT2D eigenvalue weighted by atomic mass is 32.2. The number of carbonyl (C=O) groups is 1. The molecule has 0 bridgehead atoms. The summed E-state index contributed by atoms with van der Waals surface area (Å²) in [5.74, 6) is 0.972. The third kappa shape index (κ3) is 6.87. The second-order valence-corrected chi connectivity index (χ2v) is 9.81. The van der Waals surface area contributed by atoms with Crippen LogP contribution in [0.1, 0.15) is 34.2 Å². The van der Waals surface area contributed by atoms with Crippen molar-refractivity contribution in [3.8, 4) is 11.6 Å². The smallest absolute Gasteiger partial charge is 0.240 e. The predicted molar refractivity (Wildman–Crippen MR) is 128 cm³/mol. The largest absolute Gasteiger partial charge is 0.439 e. The van der Waals surface area contributed by atoms with Gasteiger partial charge >= 0.3 is 0 Å². The highest BCUT2D eigenvalue weighted by Gasteiger charge is 2.15. The first-order valence-corrected chi connectivity index (χ1v) is 12.2. The molecule has 1 aromatic heterocycles. The van der Waals surface area contributed by atoms with E-state index in [4.69, 9.17) is 4.74 Å². The first kappa shape index (κ1) is 24.4. The molecule has 0 spiro atoms. The van der Waals surface area contributed by atoms with Crippen LogP contribution < -0.4 is 14.8 Å². The summed E-state index contributed by atoms with van der Waals surface area (Å²) in [7, 11) is -3.65. The highest BCUT2D eigenvalue weighted by Crippen LogP contribution is 2.24. The van der Waals surface area contributed by atoms with Crippen molar-refractivity contribution in [2.24, 2.45) is 0 Å². The molecule has 1 amide bonds. The SMILES string of the molecule is Cc1ccc(C)c(Oc2ccc(CNC(=O)CCNS(=O)(=O)c3ccc(C)c(C)c3)cn2)c1. The van der Waals surface area contributed by atoms with Gasteiger partial charge in [0.1, 0.15) is 5.75 Å². The Labute approximate surface area is 195 Å². The van der Waals surface area contributed by atoms with Gasteiger partial charge in [0, 0.05) is 31.8 Å². The molecule has 0 aliphatic carbocycles. The number of amides is 1. The van der Waals surface area contributed by atoms with Gasteiger partial charge in [0.15, 0.2) is 0 Å². The fourth-order valence-electron chi connectivity index (χ4n) is 3.06. The van der Waals surface area contributed by atoms with Gasteiger partial charge in [0.25, 0.3) is 0 Å². The number of aryl methyl sites for hydroxylation is 4. The number of sulfonamides is 1. The molecule has 7 nitrogen and oxygen atoms in total. The van der Waals surface area contributed by atoms with Crippen molar-refractivity contribution in [3.05, 3.63) is 82.5 Å². The van der Waals surface area contributed by atoms with E-state index < -0.39 is 10.0 Å². The number of ether oxygens (including phenoxy) is 1. The minimum Gasteiger partial charge on any atom is -0.439 e. The molecule has 174 valence electrons. The van der Waals surface area contributed by atoms with E-state index in [0.29, 0.717) is 12.4 Å². The van der Waals surface area contributed by atoms with Crippen molar-refractivity contribution in [3.63, 3.8) is 0 Å². The molecule has 0 saturated heterocycles. The van der Waals surface area contributed by atoms with Gasteiger partial charge in [-0.3, -0.25) is 4.79 Å². The lowest BCUT2D eigenvalue weighted by Crippen LogP contribution is -2.30. The normalized spacial score (nSPS) is 11.3. The third-order valence-electron chi connectivity index (χ3n) is 5.28. The fourth-order valence-corrected chi connectivity index (χ4v) is 4.17. The van der Waals surface area contributed by atoms with E-state index in [0.717, 1.165) is 33.6 Å². The van der Waals surface area contributed by atoms with Gasteiger partial charge in [-0.1, -0.05) is 24.3 Å². The molecule has 1 heterocycles. The van der Waals surface area contributed by atoms with E-state index in [2.05, 4.69) is 15.0 Å². The second kappa shape index (κ2) is 10.6. The molecular formula is C25H29N3O4S. The monoisotopic (exact) mass is 467 g/mol. The van der Waals surface area contributed by atoms with Crippen LogP contribution >= 0.6 is 0 Å². The lowest BCUT2D eigenvalue weighted by Gasteiger charge is -2.10. The molecule has 0 unspecified atom stereocenters. The standard InChI is InChI=1S/C25H29N3O4S/c1-17-5-6-19(3)23(13-17)32-25-10-8-21(16-27-25)15-26-24(29)11-12-28-33(30,31)22-9-7-18(2)20(4)14-22/h5-10,13-14,16,28H,11-12,15H2,1-4H3,(H,26,29). The summed E-state index contributed by atoms with van der Waals surface area (Å²) in [6.45, 7) is 8.06. The Hall–Kier alpha value is -3.23. The lowest BCUT2D eigenvalue weighted by molar-refractivity contribution is -0.121. The van der Waals surface area contributed by atoms with Crippen molar-refractivity contribution in [2.45, 2.75) is 45.6 Å². The summed E-state index contributed by atoms with van der Waals surface area (Å²) in [6.07, 6.45) is 1.68. The number of nitrogens with zero attached hydrogens (tertiary/aromatic N) is 1. The molecule has 3 rings (SSSR count). The number of carbonyl (C=O) groups excluding carboxylic acids is 1. The Kier molecular flexibility index (Phi) is 7.84. The first-order chi connectivity index (χ1) is 15.6. The van der Waals surface area contributed by atoms with E-state index in [1.807, 2.05) is 52.0 Å². The van der Waals surface area contributed by atoms with E-state index in [1.54, 1.807) is 30.5 Å². The molecule has 2 N–H and O–H groups in total. The molecule has 0 aliphatic heterocycles. The fraction of sp³-hybridized carbons (Fsp3) is 0.280. The Morgan fingerprint density at radius 1 is 0.939 bits per heavy atom. The minimum absolute atomic E-state index is 0.0158. The Morgan fingerprint density at radius 2 is 1.70 bits per heavy atom. The van der Waals surface area contributed by atoms with Crippen LogP contribution in [0.3, 0.4) is 0 Å². The van der Waals surface area contributed by atoms with Crippen molar-refractivity contribution in [1.29, 1.82) is 0 Å². The summed E-state index contributed by atoms with van der Waals surface area (Å²) in [5, 5.41) is 2.77. The maximum Gasteiger partial charge on any atom is 0.240 e. The van der Waals surface area contributed by atoms with E-state index >= 15 is 0 Å². The number of rotatable bonds is 9. The van der Waals surface area contributed by atoms with Crippen molar-refractivity contribution >= 4 is 15.9 Å². The predicted octanol–water partition coefficient (Wildman–Crippen LogP) is 4.09. The molecule has 33 heavy (non-hydrogen) atoms. The summed E-state index contributed by atoms with van der Waals surface area (Å²) in [5.41, 5.74) is 4.85. The van der Waals surface area contributed by atoms with Gasteiger partial charge in [0.05, 0.1) is 4.90 Å². The van der Waals surface area contributed by atoms with Gasteiger partial charge in [-0.2, -0.15) is 0 Å². The highest BCUT2D eigenvalue weighted by molar-refractivity contribution is 7.89. The summed E-state index contributed by atoms with van der Waals surface area (Å²) in [6, 6.07) is 14.5. The van der Waals surface area contributed by atoms with E-state index in [9.17, 15) is 13.2 Å². The zero-order valence-corrected chi connectivity index (χ0v) is 20.1. The Bertz CT molecular complexity index is 1240. The average Bonchev–Trinajstić information content (AvgIpc) is 2.77. The topological polar surface area (TPSA) is 97.4 Å². The number of pyridine rings is 1. The van der Waals surface area contributed by atoms with E-state index in [-0.39, 0.29) is 23.8 Å². The maximum absolute atomic E-state index is 12.4. The molecule has 0 atom stereocenters. The molecule has 0 saturated carbocycles. The van der Waals surface area contributed by atoms with E-state index in [1.165, 1.54) is 0 Å². The van der Waals surface area contributed by atoms with Crippen LogP contribution in [0.4, 0.5) is 0 Å². The molecule has 8 heteroatoms. The zero-order chi connectivity index (χ0) is 24.0. The molecule has 0 radical (unpaired) electrons. The Morgan fingerprint density at radius 3 is 2.39 bits per heavy atom. The minimum atomic E-state index is -3.65.